The van der Waals surface area contributed by atoms with Crippen LogP contribution in [0.5, 0.6) is 0 Å². The third kappa shape index (κ3) is 5.17. The van der Waals surface area contributed by atoms with Crippen molar-refractivity contribution in [3.8, 4) is 23.0 Å². The molecule has 0 radical (unpaired) electrons. The summed E-state index contributed by atoms with van der Waals surface area (Å²) in [6, 6.07) is 15.8. The van der Waals surface area contributed by atoms with E-state index in [2.05, 4.69) is 34.6 Å². The van der Waals surface area contributed by atoms with Crippen molar-refractivity contribution >= 4 is 18.0 Å². The molecule has 2 amide bonds. The highest BCUT2D eigenvalue weighted by molar-refractivity contribution is 5.94. The molecule has 4 rings (SSSR count). The molecule has 33 heavy (non-hydrogen) atoms. The van der Waals surface area contributed by atoms with Crippen molar-refractivity contribution in [2.75, 3.05) is 13.2 Å². The largest absolute Gasteiger partial charge is 0.481 e. The first-order valence-electron chi connectivity index (χ1n) is 11.2. The highest BCUT2D eigenvalue weighted by Gasteiger charge is 2.31. The average molecular weight is 447 g/mol. The fraction of sp³-hybridized carbons (Fsp3) is 0.346. The quantitative estimate of drug-likeness (QED) is 0.612. The number of carboxylic acids is 1. The third-order valence-electron chi connectivity index (χ3n) is 6.27. The molecular formula is C26H26N2O5. The Bertz CT molecular complexity index is 1070. The van der Waals surface area contributed by atoms with Gasteiger partial charge in [-0.3, -0.25) is 9.59 Å². The average Bonchev–Trinajstić information content (AvgIpc) is 3.14. The minimum atomic E-state index is -0.898. The van der Waals surface area contributed by atoms with Gasteiger partial charge in [0.05, 0.1) is 12.5 Å². The lowest BCUT2D eigenvalue weighted by molar-refractivity contribution is -0.144. The summed E-state index contributed by atoms with van der Waals surface area (Å²) in [7, 11) is 0. The Morgan fingerprint density at radius 2 is 1.61 bits per heavy atom. The lowest BCUT2D eigenvalue weighted by atomic mass is 9.84. The van der Waals surface area contributed by atoms with Gasteiger partial charge in [-0.1, -0.05) is 67.3 Å². The summed E-state index contributed by atoms with van der Waals surface area (Å²) >= 11 is 0. The minimum Gasteiger partial charge on any atom is -0.481 e. The molecule has 2 aliphatic rings. The number of benzene rings is 2. The zero-order valence-corrected chi connectivity index (χ0v) is 18.2. The Morgan fingerprint density at radius 1 is 0.970 bits per heavy atom. The summed E-state index contributed by atoms with van der Waals surface area (Å²) in [6.07, 6.45) is 2.30. The van der Waals surface area contributed by atoms with Gasteiger partial charge in [-0.05, 0) is 41.0 Å². The number of carbonyl (C=O) groups is 3. The number of rotatable bonds is 5. The van der Waals surface area contributed by atoms with Gasteiger partial charge in [-0.15, -0.1) is 0 Å². The maximum absolute atomic E-state index is 12.1. The molecule has 0 aliphatic heterocycles. The van der Waals surface area contributed by atoms with Gasteiger partial charge in [-0.25, -0.2) is 4.79 Å². The summed E-state index contributed by atoms with van der Waals surface area (Å²) in [5, 5.41) is 14.5. The van der Waals surface area contributed by atoms with Crippen LogP contribution in [0.15, 0.2) is 48.5 Å². The van der Waals surface area contributed by atoms with E-state index >= 15 is 0 Å². The molecule has 7 heteroatoms. The van der Waals surface area contributed by atoms with Crippen LogP contribution in [0.1, 0.15) is 42.7 Å². The summed E-state index contributed by atoms with van der Waals surface area (Å²) in [5.41, 5.74) is 4.57. The fourth-order valence-corrected chi connectivity index (χ4v) is 4.69. The smallest absolute Gasteiger partial charge is 0.407 e. The Kier molecular flexibility index (Phi) is 6.94. The number of fused-ring (bicyclic) bond motifs is 3. The first kappa shape index (κ1) is 22.4. The van der Waals surface area contributed by atoms with Crippen molar-refractivity contribution in [2.24, 2.45) is 5.92 Å². The van der Waals surface area contributed by atoms with Gasteiger partial charge in [0.2, 0.25) is 0 Å². The maximum Gasteiger partial charge on any atom is 0.407 e. The number of hydrogen-bond acceptors (Lipinski definition) is 4. The predicted octanol–water partition coefficient (Wildman–Crippen LogP) is 3.29. The number of alkyl carbamates (subject to hydrolysis) is 1. The van der Waals surface area contributed by atoms with Crippen LogP contribution in [0.3, 0.4) is 0 Å². The Hall–Kier alpha value is -3.79. The SMILES string of the molecule is O=C(C#CCNC(=O)OCC1c2ccccc2-c2ccccc21)NC1CCCCC1C(=O)O. The summed E-state index contributed by atoms with van der Waals surface area (Å²) in [6.45, 7) is 0.156. The van der Waals surface area contributed by atoms with Gasteiger partial charge in [0, 0.05) is 12.0 Å². The number of carboxylic acid groups (broad SMARTS) is 1. The van der Waals surface area contributed by atoms with Crippen LogP contribution < -0.4 is 10.6 Å². The Balaban J connectivity index is 1.25. The van der Waals surface area contributed by atoms with E-state index in [0.717, 1.165) is 35.1 Å². The molecule has 0 saturated heterocycles. The maximum atomic E-state index is 12.1. The Labute approximate surface area is 192 Å². The first-order chi connectivity index (χ1) is 16.0. The number of ether oxygens (including phenoxy) is 1. The molecule has 1 fully saturated rings. The molecule has 1 saturated carbocycles. The van der Waals surface area contributed by atoms with Crippen LogP contribution in [-0.4, -0.2) is 42.3 Å². The molecule has 0 spiro atoms. The molecule has 0 aromatic heterocycles. The van der Waals surface area contributed by atoms with Crippen molar-refractivity contribution < 1.29 is 24.2 Å². The van der Waals surface area contributed by atoms with Crippen molar-refractivity contribution in [1.82, 2.24) is 10.6 Å². The second kappa shape index (κ2) is 10.2. The van der Waals surface area contributed by atoms with Crippen LogP contribution in [0.25, 0.3) is 11.1 Å². The van der Waals surface area contributed by atoms with E-state index in [4.69, 9.17) is 4.74 Å². The first-order valence-corrected chi connectivity index (χ1v) is 11.2. The van der Waals surface area contributed by atoms with Crippen molar-refractivity contribution in [1.29, 1.82) is 0 Å². The molecule has 3 N–H and O–H groups in total. The van der Waals surface area contributed by atoms with Crippen molar-refractivity contribution in [3.63, 3.8) is 0 Å². The van der Waals surface area contributed by atoms with E-state index in [-0.39, 0.29) is 19.1 Å². The van der Waals surface area contributed by atoms with Crippen molar-refractivity contribution in [2.45, 2.75) is 37.6 Å². The molecule has 2 aromatic carbocycles. The second-order valence-electron chi connectivity index (χ2n) is 8.29. The standard InChI is InChI=1S/C26H26N2O5/c29-24(28-23-13-6-5-12-21(23)25(30)31)14-7-15-27-26(32)33-16-22-19-10-3-1-8-17(19)18-9-2-4-11-20(18)22/h1-4,8-11,21-23H,5-6,12-13,15-16H2,(H,27,32)(H,28,29)(H,30,31). The summed E-state index contributed by atoms with van der Waals surface area (Å²) in [4.78, 5) is 35.5. The normalized spacial score (nSPS) is 18.8. The van der Waals surface area contributed by atoms with E-state index < -0.39 is 29.9 Å². The van der Waals surface area contributed by atoms with Gasteiger partial charge in [0.25, 0.3) is 5.91 Å². The van der Waals surface area contributed by atoms with E-state index in [1.54, 1.807) is 0 Å². The van der Waals surface area contributed by atoms with E-state index in [9.17, 15) is 19.5 Å². The molecule has 7 nitrogen and oxygen atoms in total. The predicted molar refractivity (Wildman–Crippen MR) is 122 cm³/mol. The molecule has 2 aliphatic carbocycles. The minimum absolute atomic E-state index is 0.0299. The highest BCUT2D eigenvalue weighted by atomic mass is 16.5. The molecule has 2 atom stereocenters. The molecular weight excluding hydrogens is 420 g/mol. The van der Waals surface area contributed by atoms with Gasteiger partial charge in [0.15, 0.2) is 0 Å². The fourth-order valence-electron chi connectivity index (χ4n) is 4.69. The number of amides is 2. The zero-order valence-electron chi connectivity index (χ0n) is 18.2. The number of carbonyl (C=O) groups excluding carboxylic acids is 2. The number of nitrogens with one attached hydrogen (secondary N) is 2. The molecule has 2 aromatic rings. The van der Waals surface area contributed by atoms with Crippen LogP contribution in [0.4, 0.5) is 4.79 Å². The number of aliphatic carboxylic acids is 1. The van der Waals surface area contributed by atoms with Crippen LogP contribution in [-0.2, 0) is 14.3 Å². The molecule has 0 bridgehead atoms. The molecule has 2 unspecified atom stereocenters. The van der Waals surface area contributed by atoms with E-state index in [0.29, 0.717) is 12.8 Å². The monoisotopic (exact) mass is 446 g/mol. The van der Waals surface area contributed by atoms with Gasteiger partial charge >= 0.3 is 12.1 Å². The molecule has 0 heterocycles. The van der Waals surface area contributed by atoms with Crippen LogP contribution in [0.2, 0.25) is 0 Å². The summed E-state index contributed by atoms with van der Waals surface area (Å²) in [5.74, 6) is 2.94. The van der Waals surface area contributed by atoms with Gasteiger partial charge < -0.3 is 20.5 Å². The van der Waals surface area contributed by atoms with E-state index in [1.165, 1.54) is 0 Å². The number of hydrogen-bond donors (Lipinski definition) is 3. The van der Waals surface area contributed by atoms with Gasteiger partial charge in [0.1, 0.15) is 6.61 Å². The Morgan fingerprint density at radius 3 is 2.27 bits per heavy atom. The third-order valence-corrected chi connectivity index (χ3v) is 6.27. The lowest BCUT2D eigenvalue weighted by Crippen LogP contribution is -2.44. The summed E-state index contributed by atoms with van der Waals surface area (Å²) < 4.78 is 5.42. The van der Waals surface area contributed by atoms with Crippen LogP contribution in [0, 0.1) is 17.8 Å². The van der Waals surface area contributed by atoms with E-state index in [1.807, 2.05) is 36.4 Å². The molecule has 170 valence electrons. The zero-order chi connectivity index (χ0) is 23.2. The lowest BCUT2D eigenvalue weighted by Gasteiger charge is -2.28. The second-order valence-corrected chi connectivity index (χ2v) is 8.29. The van der Waals surface area contributed by atoms with Crippen LogP contribution >= 0.6 is 0 Å². The topological polar surface area (TPSA) is 105 Å². The van der Waals surface area contributed by atoms with Gasteiger partial charge in [-0.2, -0.15) is 0 Å². The van der Waals surface area contributed by atoms with Crippen molar-refractivity contribution in [3.05, 3.63) is 59.7 Å². The highest BCUT2D eigenvalue weighted by Crippen LogP contribution is 2.44.